The molecule has 0 saturated carbocycles. The molecule has 3 aromatic carbocycles. The van der Waals surface area contributed by atoms with E-state index in [1.165, 1.54) is 16.7 Å². The van der Waals surface area contributed by atoms with Gasteiger partial charge in [0, 0.05) is 44.1 Å². The second-order valence-corrected chi connectivity index (χ2v) is 8.89. The summed E-state index contributed by atoms with van der Waals surface area (Å²) in [5.74, 6) is 0.716. The molecule has 0 fully saturated rings. The predicted molar refractivity (Wildman–Crippen MR) is 150 cm³/mol. The molecule has 0 atom stereocenters. The van der Waals surface area contributed by atoms with E-state index in [2.05, 4.69) is 58.0 Å². The average Bonchev–Trinajstić information content (AvgIpc) is 2.95. The Hall–Kier alpha value is -4.05. The summed E-state index contributed by atoms with van der Waals surface area (Å²) in [7, 11) is 0. The molecule has 0 N–H and O–H groups in total. The molecule has 189 valence electrons. The number of aryl methyl sites for hydroxylation is 3. The summed E-state index contributed by atoms with van der Waals surface area (Å²) in [5, 5.41) is 1.04. The van der Waals surface area contributed by atoms with Crippen molar-refractivity contribution >= 4 is 10.9 Å². The third kappa shape index (κ3) is 6.44. The van der Waals surface area contributed by atoms with E-state index in [1.54, 1.807) is 0 Å². The Bertz CT molecular complexity index is 1650. The number of nitrogens with zero attached hydrogens (tertiary/aromatic N) is 4. The van der Waals surface area contributed by atoms with Gasteiger partial charge in [-0.2, -0.15) is 0 Å². The van der Waals surface area contributed by atoms with Crippen molar-refractivity contribution in [3.8, 4) is 33.9 Å². The van der Waals surface area contributed by atoms with Gasteiger partial charge in [-0.1, -0.05) is 47.5 Å². The minimum Gasteiger partial charge on any atom is -0.304 e. The summed E-state index contributed by atoms with van der Waals surface area (Å²) in [4.78, 5) is 18.0. The summed E-state index contributed by atoms with van der Waals surface area (Å²) in [6, 6.07) is 34.4. The Balaban J connectivity index is 0.000000204. The fraction of sp³-hybridized carbons (Fsp3) is 0.0909. The van der Waals surface area contributed by atoms with Crippen LogP contribution >= 0.6 is 0 Å². The van der Waals surface area contributed by atoms with Crippen LogP contribution in [0.15, 0.2) is 104 Å². The molecular formula is C33H26IrN4-2. The molecule has 5 heteroatoms. The van der Waals surface area contributed by atoms with Crippen molar-refractivity contribution in [3.63, 3.8) is 0 Å². The van der Waals surface area contributed by atoms with Crippen LogP contribution in [0.4, 0.5) is 0 Å². The number of pyridine rings is 2. The van der Waals surface area contributed by atoms with Crippen LogP contribution < -0.4 is 0 Å². The molecule has 0 aliphatic rings. The van der Waals surface area contributed by atoms with Crippen molar-refractivity contribution in [3.05, 3.63) is 132 Å². The van der Waals surface area contributed by atoms with Gasteiger partial charge in [0.1, 0.15) is 5.82 Å². The molecule has 0 spiro atoms. The van der Waals surface area contributed by atoms with Gasteiger partial charge in [0.05, 0.1) is 5.52 Å². The van der Waals surface area contributed by atoms with Crippen LogP contribution in [-0.2, 0) is 20.1 Å². The second-order valence-electron chi connectivity index (χ2n) is 8.89. The zero-order valence-electron chi connectivity index (χ0n) is 21.4. The molecule has 4 nitrogen and oxygen atoms in total. The minimum absolute atomic E-state index is 0. The molecule has 0 unspecified atom stereocenters. The first-order valence-corrected chi connectivity index (χ1v) is 12.1. The molecule has 6 aromatic rings. The smallest absolute Gasteiger partial charge is 0.141 e. The van der Waals surface area contributed by atoms with Crippen LogP contribution in [-0.4, -0.2) is 19.9 Å². The first kappa shape index (κ1) is 27.0. The van der Waals surface area contributed by atoms with E-state index in [1.807, 2.05) is 98.3 Å². The Morgan fingerprint density at radius 1 is 0.605 bits per heavy atom. The quantitative estimate of drug-likeness (QED) is 0.182. The average molecular weight is 671 g/mol. The number of para-hydroxylation sites is 1. The first-order chi connectivity index (χ1) is 18.1. The number of aromatic nitrogens is 4. The predicted octanol–water partition coefficient (Wildman–Crippen LogP) is 7.63. The van der Waals surface area contributed by atoms with Gasteiger partial charge in [0.25, 0.3) is 0 Å². The van der Waals surface area contributed by atoms with Gasteiger partial charge in [-0.15, -0.1) is 65.7 Å². The molecule has 1 radical (unpaired) electrons. The van der Waals surface area contributed by atoms with Crippen LogP contribution in [0.5, 0.6) is 0 Å². The van der Waals surface area contributed by atoms with Crippen molar-refractivity contribution in [2.75, 3.05) is 0 Å². The SMILES string of the molecule is Cc1ccc(-c2[c-]cccc2)nc1.Cc1cnc(-c2[c-]ccc(-c3ncc4ccccc4n3)c2)cc1C.[Ir]. The third-order valence-electron chi connectivity index (χ3n) is 6.09. The maximum absolute atomic E-state index is 4.67. The van der Waals surface area contributed by atoms with Crippen molar-refractivity contribution in [2.45, 2.75) is 20.8 Å². The van der Waals surface area contributed by atoms with Crippen molar-refractivity contribution < 1.29 is 20.1 Å². The largest absolute Gasteiger partial charge is 0.304 e. The molecule has 0 saturated heterocycles. The Kier molecular flexibility index (Phi) is 8.85. The van der Waals surface area contributed by atoms with E-state index < -0.39 is 0 Å². The van der Waals surface area contributed by atoms with E-state index in [0.29, 0.717) is 5.82 Å². The zero-order chi connectivity index (χ0) is 25.6. The monoisotopic (exact) mass is 671 g/mol. The number of hydrogen-bond acceptors (Lipinski definition) is 4. The van der Waals surface area contributed by atoms with Crippen LogP contribution in [0.1, 0.15) is 16.7 Å². The molecule has 38 heavy (non-hydrogen) atoms. The molecule has 0 aliphatic carbocycles. The number of rotatable bonds is 3. The Labute approximate surface area is 237 Å². The number of hydrogen-bond donors (Lipinski definition) is 0. The van der Waals surface area contributed by atoms with E-state index >= 15 is 0 Å². The molecule has 0 amide bonds. The molecule has 3 heterocycles. The fourth-order valence-electron chi connectivity index (χ4n) is 3.82. The Morgan fingerprint density at radius 3 is 2.16 bits per heavy atom. The first-order valence-electron chi connectivity index (χ1n) is 12.1. The van der Waals surface area contributed by atoms with E-state index in [9.17, 15) is 0 Å². The van der Waals surface area contributed by atoms with Crippen molar-refractivity contribution in [1.82, 2.24) is 19.9 Å². The fourth-order valence-corrected chi connectivity index (χ4v) is 3.82. The number of fused-ring (bicyclic) bond motifs is 1. The van der Waals surface area contributed by atoms with Crippen LogP contribution in [0.3, 0.4) is 0 Å². The normalized spacial score (nSPS) is 10.3. The van der Waals surface area contributed by atoms with E-state index in [4.69, 9.17) is 0 Å². The summed E-state index contributed by atoms with van der Waals surface area (Å²) in [5.41, 5.74) is 9.39. The molecule has 3 aromatic heterocycles. The van der Waals surface area contributed by atoms with Gasteiger partial charge in [0.2, 0.25) is 0 Å². The summed E-state index contributed by atoms with van der Waals surface area (Å²) in [6.07, 6.45) is 5.64. The summed E-state index contributed by atoms with van der Waals surface area (Å²) < 4.78 is 0. The maximum atomic E-state index is 4.67. The molecule has 6 rings (SSSR count). The van der Waals surface area contributed by atoms with E-state index in [0.717, 1.165) is 39.0 Å². The maximum Gasteiger partial charge on any atom is 0.141 e. The van der Waals surface area contributed by atoms with Gasteiger partial charge in [0.15, 0.2) is 0 Å². The van der Waals surface area contributed by atoms with Gasteiger partial charge in [-0.25, -0.2) is 9.97 Å². The van der Waals surface area contributed by atoms with Gasteiger partial charge >= 0.3 is 0 Å². The Morgan fingerprint density at radius 2 is 1.39 bits per heavy atom. The van der Waals surface area contributed by atoms with Crippen molar-refractivity contribution in [1.29, 1.82) is 0 Å². The summed E-state index contributed by atoms with van der Waals surface area (Å²) >= 11 is 0. The van der Waals surface area contributed by atoms with Gasteiger partial charge in [-0.3, -0.25) is 0 Å². The second kappa shape index (κ2) is 12.5. The standard InChI is InChI=1S/C21H16N3.C12H10N.Ir/c1-14-10-20(22-12-15(14)2)16-7-5-8-17(11-16)21-23-13-18-6-3-4-9-19(18)24-21;1-10-7-8-12(13-9-10)11-5-3-2-4-6-11;/h3-6,8-13H,1-2H3;2-5,7-9H,1H3;/q2*-1;. The van der Waals surface area contributed by atoms with Crippen LogP contribution in [0.25, 0.3) is 44.8 Å². The van der Waals surface area contributed by atoms with Gasteiger partial charge in [-0.05, 0) is 49.4 Å². The van der Waals surface area contributed by atoms with Crippen molar-refractivity contribution in [2.24, 2.45) is 0 Å². The van der Waals surface area contributed by atoms with Crippen LogP contribution in [0, 0.1) is 32.9 Å². The van der Waals surface area contributed by atoms with Crippen LogP contribution in [0.2, 0.25) is 0 Å². The molecular weight excluding hydrogens is 645 g/mol. The minimum atomic E-state index is 0. The topological polar surface area (TPSA) is 51.6 Å². The molecule has 0 bridgehead atoms. The third-order valence-corrected chi connectivity index (χ3v) is 6.09. The zero-order valence-corrected chi connectivity index (χ0v) is 23.8. The molecule has 0 aliphatic heterocycles. The van der Waals surface area contributed by atoms with Gasteiger partial charge < -0.3 is 9.97 Å². The van der Waals surface area contributed by atoms with E-state index in [-0.39, 0.29) is 20.1 Å². The number of benzene rings is 3. The summed E-state index contributed by atoms with van der Waals surface area (Å²) in [6.45, 7) is 6.19.